The Morgan fingerprint density at radius 1 is 1.19 bits per heavy atom. The largest absolute Gasteiger partial charge is 0.508 e. The number of aromatic hydroxyl groups is 1. The highest BCUT2D eigenvalue weighted by Gasteiger charge is 2.22. The zero-order valence-corrected chi connectivity index (χ0v) is 15.7. The monoisotopic (exact) mass is 381 g/mol. The Balaban J connectivity index is 1.55. The van der Waals surface area contributed by atoms with Crippen LogP contribution in [0.25, 0.3) is 0 Å². The third-order valence-electron chi connectivity index (χ3n) is 4.62. The maximum absolute atomic E-state index is 9.71. The van der Waals surface area contributed by atoms with Crippen LogP contribution in [-0.2, 0) is 19.5 Å². The standard InChI is InChI=1S/C20H20ClN5O/c1-13-2-3-19(22-9-13)26-5-4-18-17(11-26)20(25-12-24-18)23-10-14-6-15(21)8-16(27)7-14/h2-3,6-9,12,27H,4-5,10-11H2,1H3,(H,23,24,25). The van der Waals surface area contributed by atoms with Gasteiger partial charge in [0, 0.05) is 42.8 Å². The van der Waals surface area contributed by atoms with Crippen LogP contribution in [0.2, 0.25) is 5.02 Å². The van der Waals surface area contributed by atoms with Gasteiger partial charge in [-0.25, -0.2) is 15.0 Å². The van der Waals surface area contributed by atoms with E-state index < -0.39 is 0 Å². The second-order valence-electron chi connectivity index (χ2n) is 6.68. The predicted octanol–water partition coefficient (Wildman–Crippen LogP) is 3.71. The lowest BCUT2D eigenvalue weighted by Crippen LogP contribution is -2.32. The van der Waals surface area contributed by atoms with E-state index in [2.05, 4.69) is 31.2 Å². The highest BCUT2D eigenvalue weighted by molar-refractivity contribution is 6.30. The van der Waals surface area contributed by atoms with Crippen molar-refractivity contribution in [2.75, 3.05) is 16.8 Å². The Morgan fingerprint density at radius 2 is 2.07 bits per heavy atom. The molecule has 2 N–H and O–H groups in total. The molecule has 3 heterocycles. The number of aryl methyl sites for hydroxylation is 1. The molecule has 1 aromatic carbocycles. The molecule has 2 aromatic heterocycles. The fourth-order valence-electron chi connectivity index (χ4n) is 3.26. The summed E-state index contributed by atoms with van der Waals surface area (Å²) in [6.07, 6.45) is 4.33. The SMILES string of the molecule is Cc1ccc(N2CCc3ncnc(NCc4cc(O)cc(Cl)c4)c3C2)nc1. The van der Waals surface area contributed by atoms with Crippen molar-refractivity contribution in [3.63, 3.8) is 0 Å². The molecule has 0 amide bonds. The van der Waals surface area contributed by atoms with Crippen LogP contribution in [0.1, 0.15) is 22.4 Å². The van der Waals surface area contributed by atoms with Crippen LogP contribution >= 0.6 is 11.6 Å². The van der Waals surface area contributed by atoms with Gasteiger partial charge in [-0.2, -0.15) is 0 Å². The fourth-order valence-corrected chi connectivity index (χ4v) is 3.51. The van der Waals surface area contributed by atoms with Crippen molar-refractivity contribution in [2.45, 2.75) is 26.4 Å². The van der Waals surface area contributed by atoms with Crippen LogP contribution in [0.3, 0.4) is 0 Å². The van der Waals surface area contributed by atoms with Gasteiger partial charge in [0.1, 0.15) is 23.7 Å². The van der Waals surface area contributed by atoms with E-state index in [9.17, 15) is 5.11 Å². The molecule has 0 aliphatic carbocycles. The minimum atomic E-state index is 0.153. The summed E-state index contributed by atoms with van der Waals surface area (Å²) >= 11 is 6.02. The molecule has 6 nitrogen and oxygen atoms in total. The van der Waals surface area contributed by atoms with E-state index in [0.717, 1.165) is 47.0 Å². The van der Waals surface area contributed by atoms with E-state index in [0.29, 0.717) is 18.1 Å². The Bertz CT molecular complexity index is 941. The molecule has 0 atom stereocenters. The summed E-state index contributed by atoms with van der Waals surface area (Å²) < 4.78 is 0. The number of phenolic OH excluding ortho intramolecular Hbond substituents is 1. The molecule has 1 aliphatic heterocycles. The number of anilines is 2. The summed E-state index contributed by atoms with van der Waals surface area (Å²) in [6, 6.07) is 9.15. The van der Waals surface area contributed by atoms with Crippen molar-refractivity contribution in [3.8, 4) is 5.75 Å². The van der Waals surface area contributed by atoms with E-state index in [1.54, 1.807) is 12.4 Å². The van der Waals surface area contributed by atoms with Gasteiger partial charge in [0.25, 0.3) is 0 Å². The van der Waals surface area contributed by atoms with Crippen LogP contribution in [0.5, 0.6) is 5.75 Å². The minimum Gasteiger partial charge on any atom is -0.508 e. The zero-order valence-electron chi connectivity index (χ0n) is 15.0. The Kier molecular flexibility index (Phi) is 4.81. The maximum Gasteiger partial charge on any atom is 0.134 e. The van der Waals surface area contributed by atoms with Crippen molar-refractivity contribution in [1.82, 2.24) is 15.0 Å². The third-order valence-corrected chi connectivity index (χ3v) is 4.84. The molecule has 0 saturated carbocycles. The van der Waals surface area contributed by atoms with Gasteiger partial charge in [0.15, 0.2) is 0 Å². The summed E-state index contributed by atoms with van der Waals surface area (Å²) in [5.41, 5.74) is 4.18. The lowest BCUT2D eigenvalue weighted by molar-refractivity contribution is 0.474. The molecule has 3 aromatic rings. The minimum absolute atomic E-state index is 0.153. The lowest BCUT2D eigenvalue weighted by atomic mass is 10.1. The highest BCUT2D eigenvalue weighted by Crippen LogP contribution is 2.27. The maximum atomic E-state index is 9.71. The summed E-state index contributed by atoms with van der Waals surface area (Å²) in [7, 11) is 0. The topological polar surface area (TPSA) is 74.2 Å². The van der Waals surface area contributed by atoms with Gasteiger partial charge in [-0.3, -0.25) is 0 Å². The Labute approximate surface area is 162 Å². The number of hydrogen-bond acceptors (Lipinski definition) is 6. The predicted molar refractivity (Wildman–Crippen MR) is 106 cm³/mol. The van der Waals surface area contributed by atoms with Gasteiger partial charge in [-0.15, -0.1) is 0 Å². The molecular formula is C20H20ClN5O. The lowest BCUT2D eigenvalue weighted by Gasteiger charge is -2.30. The van der Waals surface area contributed by atoms with Crippen molar-refractivity contribution in [2.24, 2.45) is 0 Å². The molecular weight excluding hydrogens is 362 g/mol. The van der Waals surface area contributed by atoms with Crippen molar-refractivity contribution in [1.29, 1.82) is 0 Å². The first-order valence-electron chi connectivity index (χ1n) is 8.81. The Morgan fingerprint density at radius 3 is 2.85 bits per heavy atom. The first kappa shape index (κ1) is 17.5. The van der Waals surface area contributed by atoms with Gasteiger partial charge in [0.2, 0.25) is 0 Å². The number of rotatable bonds is 4. The first-order valence-corrected chi connectivity index (χ1v) is 9.19. The number of nitrogens with zero attached hydrogens (tertiary/aromatic N) is 4. The van der Waals surface area contributed by atoms with Crippen LogP contribution in [0, 0.1) is 6.92 Å². The van der Waals surface area contributed by atoms with Gasteiger partial charge >= 0.3 is 0 Å². The number of halogens is 1. The van der Waals surface area contributed by atoms with Crippen molar-refractivity contribution >= 4 is 23.2 Å². The first-order chi connectivity index (χ1) is 13.1. The second kappa shape index (κ2) is 7.40. The molecule has 4 rings (SSSR count). The molecule has 138 valence electrons. The summed E-state index contributed by atoms with van der Waals surface area (Å²) in [5.74, 6) is 1.91. The van der Waals surface area contributed by atoms with Gasteiger partial charge in [-0.1, -0.05) is 17.7 Å². The number of benzene rings is 1. The van der Waals surface area contributed by atoms with Crippen LogP contribution in [-0.4, -0.2) is 26.6 Å². The average Bonchev–Trinajstić information content (AvgIpc) is 2.66. The molecule has 0 radical (unpaired) electrons. The van der Waals surface area contributed by atoms with Gasteiger partial charge < -0.3 is 15.3 Å². The Hall–Kier alpha value is -2.86. The second-order valence-corrected chi connectivity index (χ2v) is 7.12. The number of hydrogen-bond donors (Lipinski definition) is 2. The molecule has 0 spiro atoms. The molecule has 0 fully saturated rings. The number of aromatic nitrogens is 3. The van der Waals surface area contributed by atoms with E-state index in [1.165, 1.54) is 6.07 Å². The number of nitrogens with one attached hydrogen (secondary N) is 1. The fraction of sp³-hybridized carbons (Fsp3) is 0.250. The molecule has 0 bridgehead atoms. The molecule has 1 aliphatic rings. The summed E-state index contributed by atoms with van der Waals surface area (Å²) in [5, 5.41) is 13.6. The highest BCUT2D eigenvalue weighted by atomic mass is 35.5. The summed E-state index contributed by atoms with van der Waals surface area (Å²) in [4.78, 5) is 15.7. The number of pyridine rings is 1. The summed E-state index contributed by atoms with van der Waals surface area (Å²) in [6.45, 7) is 4.13. The van der Waals surface area contributed by atoms with E-state index in [4.69, 9.17) is 11.6 Å². The van der Waals surface area contributed by atoms with Crippen LogP contribution < -0.4 is 10.2 Å². The van der Waals surface area contributed by atoms with Crippen molar-refractivity contribution in [3.05, 3.63) is 70.3 Å². The third kappa shape index (κ3) is 3.95. The number of phenols is 1. The van der Waals surface area contributed by atoms with E-state index in [1.807, 2.05) is 25.3 Å². The van der Waals surface area contributed by atoms with Crippen LogP contribution in [0.4, 0.5) is 11.6 Å². The van der Waals surface area contributed by atoms with E-state index >= 15 is 0 Å². The smallest absolute Gasteiger partial charge is 0.134 e. The zero-order chi connectivity index (χ0) is 18.8. The van der Waals surface area contributed by atoms with Crippen LogP contribution in [0.15, 0.2) is 42.9 Å². The normalized spacial score (nSPS) is 13.3. The molecule has 0 saturated heterocycles. The van der Waals surface area contributed by atoms with Gasteiger partial charge in [-0.05, 0) is 42.3 Å². The van der Waals surface area contributed by atoms with Gasteiger partial charge in [0.05, 0.1) is 5.69 Å². The quantitative estimate of drug-likeness (QED) is 0.717. The number of fused-ring (bicyclic) bond motifs is 1. The molecule has 0 unspecified atom stereocenters. The van der Waals surface area contributed by atoms with Crippen molar-refractivity contribution < 1.29 is 5.11 Å². The molecule has 7 heteroatoms. The molecule has 27 heavy (non-hydrogen) atoms. The average molecular weight is 382 g/mol. The van der Waals surface area contributed by atoms with E-state index in [-0.39, 0.29) is 5.75 Å².